The molecule has 0 spiro atoms. The molecular weight excluding hydrogens is 254 g/mol. The van der Waals surface area contributed by atoms with Crippen molar-refractivity contribution in [1.82, 2.24) is 9.38 Å². The van der Waals surface area contributed by atoms with Gasteiger partial charge in [0.1, 0.15) is 17.1 Å². The second-order valence-corrected chi connectivity index (χ2v) is 4.90. The predicted octanol–water partition coefficient (Wildman–Crippen LogP) is 2.43. The van der Waals surface area contributed by atoms with E-state index in [4.69, 9.17) is 10.5 Å². The van der Waals surface area contributed by atoms with Crippen LogP contribution in [0.2, 0.25) is 0 Å². The van der Waals surface area contributed by atoms with Gasteiger partial charge in [0.25, 0.3) is 0 Å². The molecule has 0 aromatic carbocycles. The minimum Gasteiger partial charge on any atom is -0.490 e. The van der Waals surface area contributed by atoms with Gasteiger partial charge in [-0.2, -0.15) is 0 Å². The Kier molecular flexibility index (Phi) is 4.74. The first-order valence-corrected chi connectivity index (χ1v) is 7.00. The molecule has 0 aliphatic heterocycles. The van der Waals surface area contributed by atoms with Gasteiger partial charge in [0, 0.05) is 19.2 Å². The molecule has 0 saturated carbocycles. The van der Waals surface area contributed by atoms with Gasteiger partial charge in [-0.3, -0.25) is 9.20 Å². The van der Waals surface area contributed by atoms with Crippen molar-refractivity contribution in [1.29, 1.82) is 0 Å². The summed E-state index contributed by atoms with van der Waals surface area (Å²) in [5.41, 5.74) is 6.91. The van der Waals surface area contributed by atoms with Crippen molar-refractivity contribution in [2.45, 2.75) is 39.2 Å². The normalized spacial score (nSPS) is 12.6. The summed E-state index contributed by atoms with van der Waals surface area (Å²) in [4.78, 5) is 15.7. The summed E-state index contributed by atoms with van der Waals surface area (Å²) in [6.07, 6.45) is 6.42. The number of nitrogens with zero attached hydrogens (tertiary/aromatic N) is 2. The highest BCUT2D eigenvalue weighted by molar-refractivity contribution is 5.93. The molecule has 0 bridgehead atoms. The summed E-state index contributed by atoms with van der Waals surface area (Å²) in [6, 6.07) is 3.71. The molecule has 108 valence electrons. The summed E-state index contributed by atoms with van der Waals surface area (Å²) >= 11 is 0. The molecule has 20 heavy (non-hydrogen) atoms. The van der Waals surface area contributed by atoms with Gasteiger partial charge in [-0.25, -0.2) is 4.98 Å². The standard InChI is InChI=1S/C15H21N3O2/c1-3-4-12(5-7-16)20-13-6-8-18-14(11(2)19)10-17-15(18)9-13/h6,8-10,12H,3-5,7,16H2,1-2H3. The lowest BCUT2D eigenvalue weighted by Crippen LogP contribution is -2.20. The molecule has 0 aliphatic rings. The highest BCUT2D eigenvalue weighted by Gasteiger charge is 2.11. The van der Waals surface area contributed by atoms with E-state index >= 15 is 0 Å². The fourth-order valence-electron chi connectivity index (χ4n) is 2.26. The Balaban J connectivity index is 2.21. The highest BCUT2D eigenvalue weighted by Crippen LogP contribution is 2.19. The maximum atomic E-state index is 11.4. The minimum absolute atomic E-state index is 0.00170. The molecule has 0 fully saturated rings. The van der Waals surface area contributed by atoms with E-state index < -0.39 is 0 Å². The second-order valence-electron chi connectivity index (χ2n) is 4.90. The number of imidazole rings is 1. The lowest BCUT2D eigenvalue weighted by atomic mass is 10.1. The van der Waals surface area contributed by atoms with Crippen LogP contribution in [-0.4, -0.2) is 27.8 Å². The smallest absolute Gasteiger partial charge is 0.178 e. The molecule has 5 nitrogen and oxygen atoms in total. The predicted molar refractivity (Wildman–Crippen MR) is 78.2 cm³/mol. The van der Waals surface area contributed by atoms with Gasteiger partial charge in [0.2, 0.25) is 0 Å². The van der Waals surface area contributed by atoms with Crippen LogP contribution < -0.4 is 10.5 Å². The van der Waals surface area contributed by atoms with Crippen LogP contribution >= 0.6 is 0 Å². The summed E-state index contributed by atoms with van der Waals surface area (Å²) in [5, 5.41) is 0. The third-order valence-electron chi connectivity index (χ3n) is 3.25. The Morgan fingerprint density at radius 3 is 2.95 bits per heavy atom. The molecule has 0 radical (unpaired) electrons. The van der Waals surface area contributed by atoms with Crippen molar-refractivity contribution in [2.24, 2.45) is 5.73 Å². The molecule has 2 rings (SSSR count). The molecule has 0 amide bonds. The largest absolute Gasteiger partial charge is 0.490 e. The highest BCUT2D eigenvalue weighted by atomic mass is 16.5. The summed E-state index contributed by atoms with van der Waals surface area (Å²) in [5.74, 6) is 0.767. The topological polar surface area (TPSA) is 69.6 Å². The Bertz CT molecular complexity index is 586. The van der Waals surface area contributed by atoms with Crippen molar-refractivity contribution in [3.63, 3.8) is 0 Å². The SMILES string of the molecule is CCCC(CCN)Oc1ccn2c(C(C)=O)cnc2c1. The van der Waals surface area contributed by atoms with Crippen molar-refractivity contribution in [2.75, 3.05) is 6.54 Å². The molecule has 5 heteroatoms. The fourth-order valence-corrected chi connectivity index (χ4v) is 2.26. The number of ketones is 1. The average Bonchev–Trinajstić information content (AvgIpc) is 2.82. The number of carbonyl (C=O) groups is 1. The van der Waals surface area contributed by atoms with Crippen LogP contribution in [0, 0.1) is 0 Å². The molecule has 2 aromatic heterocycles. The maximum absolute atomic E-state index is 11.4. The van der Waals surface area contributed by atoms with E-state index in [1.54, 1.807) is 10.6 Å². The van der Waals surface area contributed by atoms with Gasteiger partial charge in [-0.05, 0) is 25.5 Å². The maximum Gasteiger partial charge on any atom is 0.178 e. The number of nitrogens with two attached hydrogens (primary N) is 1. The van der Waals surface area contributed by atoms with Crippen LogP contribution in [0.1, 0.15) is 43.6 Å². The molecule has 2 heterocycles. The summed E-state index contributed by atoms with van der Waals surface area (Å²) in [6.45, 7) is 4.28. The van der Waals surface area contributed by atoms with Crippen LogP contribution in [0.3, 0.4) is 0 Å². The zero-order valence-corrected chi connectivity index (χ0v) is 12.0. The first kappa shape index (κ1) is 14.5. The number of rotatable bonds is 7. The number of aromatic nitrogens is 2. The molecule has 1 unspecified atom stereocenters. The Hall–Kier alpha value is -1.88. The number of hydrogen-bond acceptors (Lipinski definition) is 4. The van der Waals surface area contributed by atoms with Gasteiger partial charge < -0.3 is 10.5 Å². The molecule has 2 N–H and O–H groups in total. The molecule has 0 aliphatic carbocycles. The first-order valence-electron chi connectivity index (χ1n) is 7.00. The van der Waals surface area contributed by atoms with Crippen molar-refractivity contribution in [3.05, 3.63) is 30.2 Å². The van der Waals surface area contributed by atoms with Gasteiger partial charge in [-0.15, -0.1) is 0 Å². The third-order valence-corrected chi connectivity index (χ3v) is 3.25. The van der Waals surface area contributed by atoms with Crippen LogP contribution in [0.5, 0.6) is 5.75 Å². The number of Topliss-reactive ketones (excluding diaryl/α,β-unsaturated/α-hetero) is 1. The lowest BCUT2D eigenvalue weighted by Gasteiger charge is -2.17. The third kappa shape index (κ3) is 3.17. The van der Waals surface area contributed by atoms with E-state index in [0.29, 0.717) is 12.2 Å². The van der Waals surface area contributed by atoms with Crippen LogP contribution in [-0.2, 0) is 0 Å². The zero-order valence-electron chi connectivity index (χ0n) is 12.0. The number of hydrogen-bond donors (Lipinski definition) is 1. The van der Waals surface area contributed by atoms with Crippen LogP contribution in [0.4, 0.5) is 0 Å². The van der Waals surface area contributed by atoms with Crippen molar-refractivity contribution in [3.8, 4) is 5.75 Å². The van der Waals surface area contributed by atoms with E-state index in [0.717, 1.165) is 30.7 Å². The van der Waals surface area contributed by atoms with Gasteiger partial charge in [-0.1, -0.05) is 13.3 Å². The van der Waals surface area contributed by atoms with Gasteiger partial charge >= 0.3 is 0 Å². The number of carbonyl (C=O) groups excluding carboxylic acids is 1. The molecular formula is C15H21N3O2. The first-order chi connectivity index (χ1) is 9.65. The number of ether oxygens (including phenoxy) is 1. The average molecular weight is 275 g/mol. The van der Waals surface area contributed by atoms with E-state index in [1.807, 2.05) is 18.3 Å². The Labute approximate surface area is 118 Å². The van der Waals surface area contributed by atoms with Crippen molar-refractivity contribution >= 4 is 11.4 Å². The van der Waals surface area contributed by atoms with Crippen LogP contribution in [0.15, 0.2) is 24.5 Å². The Morgan fingerprint density at radius 1 is 1.50 bits per heavy atom. The van der Waals surface area contributed by atoms with E-state index in [1.165, 1.54) is 6.92 Å². The van der Waals surface area contributed by atoms with Crippen LogP contribution in [0.25, 0.3) is 5.65 Å². The minimum atomic E-state index is -0.00170. The quantitative estimate of drug-likeness (QED) is 0.788. The molecule has 2 aromatic rings. The molecule has 0 saturated heterocycles. The summed E-state index contributed by atoms with van der Waals surface area (Å²) < 4.78 is 7.73. The molecule has 1 atom stereocenters. The number of pyridine rings is 1. The fraction of sp³-hybridized carbons (Fsp3) is 0.467. The van der Waals surface area contributed by atoms with Crippen molar-refractivity contribution < 1.29 is 9.53 Å². The lowest BCUT2D eigenvalue weighted by molar-refractivity contribution is 0.101. The van der Waals surface area contributed by atoms with E-state index in [2.05, 4.69) is 11.9 Å². The van der Waals surface area contributed by atoms with E-state index in [9.17, 15) is 4.79 Å². The van der Waals surface area contributed by atoms with Gasteiger partial charge in [0.05, 0.1) is 12.3 Å². The monoisotopic (exact) mass is 275 g/mol. The van der Waals surface area contributed by atoms with Gasteiger partial charge in [0.15, 0.2) is 5.78 Å². The Morgan fingerprint density at radius 2 is 2.30 bits per heavy atom. The zero-order chi connectivity index (χ0) is 14.5. The summed E-state index contributed by atoms with van der Waals surface area (Å²) in [7, 11) is 0. The second kappa shape index (κ2) is 6.52. The number of fused-ring (bicyclic) bond motifs is 1. The van der Waals surface area contributed by atoms with E-state index in [-0.39, 0.29) is 11.9 Å².